The third-order valence-corrected chi connectivity index (χ3v) is 5.65. The van der Waals surface area contributed by atoms with Crippen LogP contribution in [0, 0.1) is 6.92 Å². The molecule has 0 bridgehead atoms. The average molecular weight is 397 g/mol. The topological polar surface area (TPSA) is 60.2 Å². The Morgan fingerprint density at radius 1 is 1.18 bits per heavy atom. The summed E-state index contributed by atoms with van der Waals surface area (Å²) >= 11 is 1.39. The Bertz CT molecular complexity index is 922. The van der Waals surface area contributed by atoms with E-state index in [9.17, 15) is 4.79 Å². The van der Waals surface area contributed by atoms with Crippen molar-refractivity contribution in [2.24, 2.45) is 0 Å². The Balaban J connectivity index is 1.63. The monoisotopic (exact) mass is 396 g/mol. The van der Waals surface area contributed by atoms with Gasteiger partial charge in [-0.2, -0.15) is 0 Å². The molecule has 0 aliphatic carbocycles. The minimum Gasteiger partial charge on any atom is -0.497 e. The highest BCUT2D eigenvalue weighted by Crippen LogP contribution is 2.24. The van der Waals surface area contributed by atoms with Crippen molar-refractivity contribution in [2.45, 2.75) is 25.0 Å². The number of aromatic nitrogens is 3. The highest BCUT2D eigenvalue weighted by atomic mass is 32.2. The van der Waals surface area contributed by atoms with E-state index in [0.717, 1.165) is 17.0 Å². The summed E-state index contributed by atoms with van der Waals surface area (Å²) in [4.78, 5) is 14.4. The van der Waals surface area contributed by atoms with Crippen molar-refractivity contribution in [3.63, 3.8) is 0 Å². The first-order valence-corrected chi connectivity index (χ1v) is 9.97. The minimum atomic E-state index is -0.0334. The molecule has 0 saturated heterocycles. The maximum Gasteiger partial charge on any atom is 0.233 e. The van der Waals surface area contributed by atoms with E-state index in [0.29, 0.717) is 10.9 Å². The van der Waals surface area contributed by atoms with Crippen molar-refractivity contribution in [2.75, 3.05) is 19.9 Å². The molecule has 146 valence electrons. The number of thioether (sulfide) groups is 1. The molecule has 0 radical (unpaired) electrons. The van der Waals surface area contributed by atoms with E-state index in [1.165, 1.54) is 17.3 Å². The fourth-order valence-electron chi connectivity index (χ4n) is 2.76. The first-order valence-electron chi connectivity index (χ1n) is 8.99. The van der Waals surface area contributed by atoms with E-state index < -0.39 is 0 Å². The molecule has 0 fully saturated rings. The van der Waals surface area contributed by atoms with Crippen LogP contribution < -0.4 is 4.74 Å². The van der Waals surface area contributed by atoms with Crippen LogP contribution in [0.4, 0.5) is 0 Å². The lowest BCUT2D eigenvalue weighted by Crippen LogP contribution is -2.31. The van der Waals surface area contributed by atoms with Gasteiger partial charge in [0.05, 0.1) is 18.9 Å². The predicted molar refractivity (Wildman–Crippen MR) is 111 cm³/mol. The van der Waals surface area contributed by atoms with Crippen LogP contribution in [0.2, 0.25) is 0 Å². The molecule has 2 aromatic carbocycles. The number of aryl methyl sites for hydroxylation is 1. The summed E-state index contributed by atoms with van der Waals surface area (Å²) in [5.41, 5.74) is 3.23. The third-order valence-electron chi connectivity index (χ3n) is 4.73. The fourth-order valence-corrected chi connectivity index (χ4v) is 3.61. The molecule has 1 amide bonds. The molecular formula is C21H24N4O2S. The highest BCUT2D eigenvalue weighted by molar-refractivity contribution is 7.99. The van der Waals surface area contributed by atoms with E-state index in [4.69, 9.17) is 4.74 Å². The Hall–Kier alpha value is -2.80. The van der Waals surface area contributed by atoms with Crippen LogP contribution >= 0.6 is 11.8 Å². The Labute approximate surface area is 169 Å². The number of nitrogens with zero attached hydrogens (tertiary/aromatic N) is 4. The van der Waals surface area contributed by atoms with Crippen LogP contribution in [0.1, 0.15) is 24.1 Å². The summed E-state index contributed by atoms with van der Waals surface area (Å²) < 4.78 is 7.08. The number of hydrogen-bond acceptors (Lipinski definition) is 5. The van der Waals surface area contributed by atoms with Crippen LogP contribution in [-0.2, 0) is 4.79 Å². The molecule has 1 heterocycles. The van der Waals surface area contributed by atoms with Crippen molar-refractivity contribution in [3.8, 4) is 11.4 Å². The van der Waals surface area contributed by atoms with Crippen molar-refractivity contribution in [1.29, 1.82) is 0 Å². The minimum absolute atomic E-state index is 0.0334. The molecule has 0 aliphatic heterocycles. The molecule has 0 aliphatic rings. The van der Waals surface area contributed by atoms with Crippen LogP contribution in [0.25, 0.3) is 5.69 Å². The van der Waals surface area contributed by atoms with E-state index in [1.807, 2.05) is 74.0 Å². The normalized spacial score (nSPS) is 11.9. The van der Waals surface area contributed by atoms with Crippen molar-refractivity contribution < 1.29 is 9.53 Å². The molecular weight excluding hydrogens is 372 g/mol. The Kier molecular flexibility index (Phi) is 6.36. The van der Waals surface area contributed by atoms with Crippen molar-refractivity contribution in [3.05, 3.63) is 66.0 Å². The maximum atomic E-state index is 12.7. The summed E-state index contributed by atoms with van der Waals surface area (Å²) in [6.45, 7) is 4.06. The van der Waals surface area contributed by atoms with Gasteiger partial charge in [0.15, 0.2) is 5.16 Å². The highest BCUT2D eigenvalue weighted by Gasteiger charge is 2.19. The van der Waals surface area contributed by atoms with Crippen LogP contribution in [-0.4, -0.2) is 45.5 Å². The van der Waals surface area contributed by atoms with E-state index in [-0.39, 0.29) is 11.9 Å². The molecule has 28 heavy (non-hydrogen) atoms. The SMILES string of the molecule is COc1ccc(C(C)N(C)C(=O)CSc2nncn2-c2ccc(C)cc2)cc1. The molecule has 1 aromatic heterocycles. The average Bonchev–Trinajstić information content (AvgIpc) is 3.20. The van der Waals surface area contributed by atoms with Gasteiger partial charge < -0.3 is 9.64 Å². The molecule has 0 spiro atoms. The lowest BCUT2D eigenvalue weighted by Gasteiger charge is -2.25. The Morgan fingerprint density at radius 2 is 1.86 bits per heavy atom. The zero-order valence-electron chi connectivity index (χ0n) is 16.5. The maximum absolute atomic E-state index is 12.7. The van der Waals surface area contributed by atoms with Crippen molar-refractivity contribution in [1.82, 2.24) is 19.7 Å². The quantitative estimate of drug-likeness (QED) is 0.567. The lowest BCUT2D eigenvalue weighted by atomic mass is 10.1. The molecule has 3 aromatic rings. The summed E-state index contributed by atoms with van der Waals surface area (Å²) in [5, 5.41) is 8.85. The number of methoxy groups -OCH3 is 1. The molecule has 3 rings (SSSR count). The van der Waals surface area contributed by atoms with E-state index in [2.05, 4.69) is 10.2 Å². The van der Waals surface area contributed by atoms with Gasteiger partial charge in [0.1, 0.15) is 12.1 Å². The molecule has 6 nitrogen and oxygen atoms in total. The lowest BCUT2D eigenvalue weighted by molar-refractivity contribution is -0.128. The van der Waals surface area contributed by atoms with Gasteiger partial charge >= 0.3 is 0 Å². The largest absolute Gasteiger partial charge is 0.497 e. The van der Waals surface area contributed by atoms with Gasteiger partial charge in [-0.15, -0.1) is 10.2 Å². The summed E-state index contributed by atoms with van der Waals surface area (Å²) in [6, 6.07) is 15.9. The fraction of sp³-hybridized carbons (Fsp3) is 0.286. The number of benzene rings is 2. The molecule has 0 N–H and O–H groups in total. The number of carbonyl (C=O) groups excluding carboxylic acids is 1. The number of rotatable bonds is 7. The van der Waals surface area contributed by atoms with Gasteiger partial charge in [-0.05, 0) is 43.7 Å². The van der Waals surface area contributed by atoms with Gasteiger partial charge in [-0.1, -0.05) is 41.6 Å². The second-order valence-corrected chi connectivity index (χ2v) is 7.50. The van der Waals surface area contributed by atoms with Crippen molar-refractivity contribution >= 4 is 17.7 Å². The predicted octanol–water partition coefficient (Wildman–Crippen LogP) is 3.90. The van der Waals surface area contributed by atoms with Crippen LogP contribution in [0.3, 0.4) is 0 Å². The number of carbonyl (C=O) groups is 1. The molecule has 0 saturated carbocycles. The second kappa shape index (κ2) is 8.93. The molecule has 7 heteroatoms. The smallest absolute Gasteiger partial charge is 0.233 e. The van der Waals surface area contributed by atoms with Crippen LogP contribution in [0.5, 0.6) is 5.75 Å². The van der Waals surface area contributed by atoms with Gasteiger partial charge in [-0.3, -0.25) is 9.36 Å². The zero-order valence-corrected chi connectivity index (χ0v) is 17.3. The molecule has 1 unspecified atom stereocenters. The third kappa shape index (κ3) is 4.54. The van der Waals surface area contributed by atoms with Gasteiger partial charge in [-0.25, -0.2) is 0 Å². The van der Waals surface area contributed by atoms with Gasteiger partial charge in [0, 0.05) is 12.7 Å². The number of hydrogen-bond donors (Lipinski definition) is 0. The standard InChI is InChI=1S/C21H24N4O2S/c1-15-5-9-18(10-6-15)25-14-22-23-21(25)28-13-20(26)24(3)16(2)17-7-11-19(27-4)12-8-17/h5-12,14,16H,13H2,1-4H3. The first kappa shape index (κ1) is 19.9. The summed E-state index contributed by atoms with van der Waals surface area (Å²) in [7, 11) is 3.46. The van der Waals surface area contributed by atoms with E-state index in [1.54, 1.807) is 18.3 Å². The number of ether oxygens (including phenoxy) is 1. The molecule has 1 atom stereocenters. The zero-order chi connectivity index (χ0) is 20.1. The Morgan fingerprint density at radius 3 is 2.50 bits per heavy atom. The second-order valence-electron chi connectivity index (χ2n) is 6.56. The van der Waals surface area contributed by atoms with Gasteiger partial charge in [0.25, 0.3) is 0 Å². The summed E-state index contributed by atoms with van der Waals surface area (Å²) in [6.07, 6.45) is 1.67. The van der Waals surface area contributed by atoms with Gasteiger partial charge in [0.2, 0.25) is 5.91 Å². The summed E-state index contributed by atoms with van der Waals surface area (Å²) in [5.74, 6) is 1.13. The first-order chi connectivity index (χ1) is 13.5. The van der Waals surface area contributed by atoms with Crippen LogP contribution in [0.15, 0.2) is 60.0 Å². The van der Waals surface area contributed by atoms with E-state index >= 15 is 0 Å². The number of amides is 1.